The molecule has 5 rings (SSSR count). The van der Waals surface area contributed by atoms with Gasteiger partial charge in [0.25, 0.3) is 0 Å². The largest absolute Gasteiger partial charge is 0.379 e. The lowest BCUT2D eigenvalue weighted by Gasteiger charge is -2.14. The molecule has 2 amide bonds. The molecule has 0 spiro atoms. The van der Waals surface area contributed by atoms with Gasteiger partial charge in [0.1, 0.15) is 15.5 Å². The Morgan fingerprint density at radius 3 is 2.15 bits per heavy atom. The maximum atomic E-state index is 13.1. The summed E-state index contributed by atoms with van der Waals surface area (Å²) in [6, 6.07) is 29.3. The van der Waals surface area contributed by atoms with Gasteiger partial charge in [0.2, 0.25) is 0 Å². The highest BCUT2D eigenvalue weighted by atomic mass is 32.2. The predicted octanol–water partition coefficient (Wildman–Crippen LogP) is 6.33. The Hall–Kier alpha value is -4.87. The lowest BCUT2D eigenvalue weighted by molar-refractivity contribution is 0.262. The third-order valence-electron chi connectivity index (χ3n) is 5.96. The number of urea groups is 1. The number of carbonyl (C=O) groups excluding carboxylic acids is 1. The topological polar surface area (TPSA) is 128 Å². The second-order valence-electron chi connectivity index (χ2n) is 8.97. The van der Waals surface area contributed by atoms with Crippen LogP contribution in [-0.4, -0.2) is 22.9 Å². The van der Waals surface area contributed by atoms with E-state index >= 15 is 0 Å². The van der Waals surface area contributed by atoms with E-state index in [1.807, 2.05) is 13.0 Å². The van der Waals surface area contributed by atoms with Crippen LogP contribution in [0, 0.1) is 6.92 Å². The molecule has 0 fully saturated rings. The second-order valence-corrected chi connectivity index (χ2v) is 12.0. The molecule has 0 aliphatic heterocycles. The number of hydrogen-bond acceptors (Lipinski definition) is 7. The Morgan fingerprint density at radius 2 is 1.34 bits per heavy atom. The van der Waals surface area contributed by atoms with E-state index in [0.29, 0.717) is 5.39 Å². The average molecular weight is 589 g/mol. The number of hydrogen-bond donors (Lipinski definition) is 2. The molecule has 0 bridgehead atoms. The van der Waals surface area contributed by atoms with Crippen molar-refractivity contribution < 1.29 is 30.0 Å². The van der Waals surface area contributed by atoms with Crippen LogP contribution < -0.4 is 19.0 Å². The normalized spacial score (nSPS) is 11.5. The molecule has 5 aromatic carbocycles. The summed E-state index contributed by atoms with van der Waals surface area (Å²) in [6.07, 6.45) is 0. The van der Waals surface area contributed by atoms with Crippen molar-refractivity contribution in [3.8, 4) is 11.5 Å². The molecule has 41 heavy (non-hydrogen) atoms. The molecule has 0 aliphatic rings. The summed E-state index contributed by atoms with van der Waals surface area (Å²) in [5.41, 5.74) is 1.23. The van der Waals surface area contributed by atoms with Gasteiger partial charge in [-0.2, -0.15) is 16.8 Å². The summed E-state index contributed by atoms with van der Waals surface area (Å²) in [4.78, 5) is 12.8. The molecule has 11 heteroatoms. The standard InChI is InChI=1S/C30H24N2O7S2/c1-21-16-18-25(19-17-21)40(34,35)39-28-14-5-4-13-27(28)32-30(33)31-23-10-7-11-24(20-23)38-41(36,37)29-15-6-9-22-8-2-3-12-26(22)29/h2-20H,1H3,(H2,31,32,33). The van der Waals surface area contributed by atoms with Crippen LogP contribution in [0.3, 0.4) is 0 Å². The molecule has 0 radical (unpaired) electrons. The highest BCUT2D eigenvalue weighted by Gasteiger charge is 2.21. The van der Waals surface area contributed by atoms with Crippen LogP contribution >= 0.6 is 0 Å². The van der Waals surface area contributed by atoms with Crippen molar-refractivity contribution in [3.05, 3.63) is 121 Å². The minimum Gasteiger partial charge on any atom is -0.379 e. The highest BCUT2D eigenvalue weighted by molar-refractivity contribution is 7.87. The number of fused-ring (bicyclic) bond motifs is 1. The quantitative estimate of drug-likeness (QED) is 0.203. The molecule has 0 heterocycles. The Labute approximate surface area is 237 Å². The third kappa shape index (κ3) is 6.48. The minimum atomic E-state index is -4.18. The van der Waals surface area contributed by atoms with E-state index in [4.69, 9.17) is 8.37 Å². The molecule has 0 saturated carbocycles. The van der Waals surface area contributed by atoms with Gasteiger partial charge in [0.05, 0.1) is 5.69 Å². The predicted molar refractivity (Wildman–Crippen MR) is 156 cm³/mol. The van der Waals surface area contributed by atoms with Crippen molar-refractivity contribution in [2.45, 2.75) is 16.7 Å². The minimum absolute atomic E-state index is 0.0105. The number of para-hydroxylation sites is 2. The molecular formula is C30H24N2O7S2. The van der Waals surface area contributed by atoms with Crippen LogP contribution in [0.5, 0.6) is 11.5 Å². The van der Waals surface area contributed by atoms with Crippen molar-refractivity contribution in [1.82, 2.24) is 0 Å². The first-order valence-electron chi connectivity index (χ1n) is 12.3. The SMILES string of the molecule is Cc1ccc(S(=O)(=O)Oc2ccccc2NC(=O)Nc2cccc(OS(=O)(=O)c3cccc4ccccc34)c2)cc1. The summed E-state index contributed by atoms with van der Waals surface area (Å²) >= 11 is 0. The van der Waals surface area contributed by atoms with Crippen molar-refractivity contribution >= 4 is 48.4 Å². The first-order valence-corrected chi connectivity index (χ1v) is 15.1. The van der Waals surface area contributed by atoms with Crippen LogP contribution in [0.15, 0.2) is 125 Å². The monoisotopic (exact) mass is 588 g/mol. The first-order chi connectivity index (χ1) is 19.6. The first kappa shape index (κ1) is 27.7. The van der Waals surface area contributed by atoms with E-state index in [9.17, 15) is 21.6 Å². The Kier molecular flexibility index (Phi) is 7.64. The molecular weight excluding hydrogens is 564 g/mol. The van der Waals surface area contributed by atoms with Crippen molar-refractivity contribution in [3.63, 3.8) is 0 Å². The third-order valence-corrected chi connectivity index (χ3v) is 8.52. The molecule has 0 unspecified atom stereocenters. The van der Waals surface area contributed by atoms with Crippen LogP contribution in [0.1, 0.15) is 5.56 Å². The number of rotatable bonds is 8. The zero-order valence-electron chi connectivity index (χ0n) is 21.6. The van der Waals surface area contributed by atoms with Crippen molar-refractivity contribution in [2.24, 2.45) is 0 Å². The van der Waals surface area contributed by atoms with Crippen LogP contribution in [0.4, 0.5) is 16.2 Å². The Balaban J connectivity index is 1.30. The number of carbonyl (C=O) groups is 1. The van der Waals surface area contributed by atoms with Gasteiger partial charge in [-0.15, -0.1) is 0 Å². The van der Waals surface area contributed by atoms with E-state index in [1.165, 1.54) is 48.5 Å². The Bertz CT molecular complexity index is 1950. The molecule has 0 aliphatic carbocycles. The lowest BCUT2D eigenvalue weighted by atomic mass is 10.1. The van der Waals surface area contributed by atoms with Gasteiger partial charge in [0.15, 0.2) is 5.75 Å². The van der Waals surface area contributed by atoms with Crippen LogP contribution in [0.2, 0.25) is 0 Å². The fourth-order valence-electron chi connectivity index (χ4n) is 4.01. The van der Waals surface area contributed by atoms with E-state index in [0.717, 1.165) is 10.9 Å². The van der Waals surface area contributed by atoms with Crippen LogP contribution in [0.25, 0.3) is 10.8 Å². The molecule has 0 atom stereocenters. The van der Waals surface area contributed by atoms with Gasteiger partial charge in [-0.3, -0.25) is 0 Å². The molecule has 208 valence electrons. The zero-order chi connectivity index (χ0) is 29.0. The summed E-state index contributed by atoms with van der Waals surface area (Å²) in [6.45, 7) is 1.83. The highest BCUT2D eigenvalue weighted by Crippen LogP contribution is 2.29. The maximum Gasteiger partial charge on any atom is 0.339 e. The van der Waals surface area contributed by atoms with Crippen LogP contribution in [-0.2, 0) is 20.2 Å². The average Bonchev–Trinajstić information content (AvgIpc) is 2.94. The summed E-state index contributed by atoms with van der Waals surface area (Å²) < 4.78 is 62.3. The number of amides is 2. The number of anilines is 2. The van der Waals surface area contributed by atoms with Gasteiger partial charge in [-0.05, 0) is 54.8 Å². The van der Waals surface area contributed by atoms with E-state index < -0.39 is 26.3 Å². The van der Waals surface area contributed by atoms with Gasteiger partial charge >= 0.3 is 26.3 Å². The molecule has 5 aromatic rings. The smallest absolute Gasteiger partial charge is 0.339 e. The van der Waals surface area contributed by atoms with Crippen molar-refractivity contribution in [1.29, 1.82) is 0 Å². The number of benzene rings is 5. The fraction of sp³-hybridized carbons (Fsp3) is 0.0333. The van der Waals surface area contributed by atoms with Gasteiger partial charge in [-0.25, -0.2) is 4.79 Å². The molecule has 9 nitrogen and oxygen atoms in total. The molecule has 0 aromatic heterocycles. The van der Waals surface area contributed by atoms with E-state index in [-0.39, 0.29) is 32.7 Å². The van der Waals surface area contributed by atoms with Gasteiger partial charge in [0, 0.05) is 17.1 Å². The second kappa shape index (κ2) is 11.3. The number of aryl methyl sites for hydroxylation is 1. The summed E-state index contributed by atoms with van der Waals surface area (Å²) in [5, 5.41) is 6.41. The number of nitrogens with one attached hydrogen (secondary N) is 2. The Morgan fingerprint density at radius 1 is 0.659 bits per heavy atom. The maximum absolute atomic E-state index is 13.1. The van der Waals surface area contributed by atoms with Crippen molar-refractivity contribution in [2.75, 3.05) is 10.6 Å². The van der Waals surface area contributed by atoms with Gasteiger partial charge < -0.3 is 19.0 Å². The summed E-state index contributed by atoms with van der Waals surface area (Å²) in [7, 11) is -8.34. The van der Waals surface area contributed by atoms with Gasteiger partial charge in [-0.1, -0.05) is 72.3 Å². The zero-order valence-corrected chi connectivity index (χ0v) is 23.3. The van der Waals surface area contributed by atoms with E-state index in [1.54, 1.807) is 60.7 Å². The molecule has 2 N–H and O–H groups in total. The fourth-order valence-corrected chi connectivity index (χ4v) is 6.10. The summed E-state index contributed by atoms with van der Waals surface area (Å²) in [5.74, 6) is -0.0925. The molecule has 0 saturated heterocycles. The van der Waals surface area contributed by atoms with E-state index in [2.05, 4.69) is 10.6 Å². The lowest BCUT2D eigenvalue weighted by Crippen LogP contribution is -2.20.